The molecular weight excluding hydrogens is 364 g/mol. The van der Waals surface area contributed by atoms with Gasteiger partial charge in [0, 0.05) is 23.5 Å². The summed E-state index contributed by atoms with van der Waals surface area (Å²) >= 11 is 5.87. The van der Waals surface area contributed by atoms with Crippen molar-refractivity contribution in [2.75, 3.05) is 11.9 Å². The van der Waals surface area contributed by atoms with Crippen LogP contribution >= 0.6 is 11.6 Å². The summed E-state index contributed by atoms with van der Waals surface area (Å²) < 4.78 is 1.63. The largest absolute Gasteiger partial charge is 0.349 e. The van der Waals surface area contributed by atoms with E-state index in [0.29, 0.717) is 22.8 Å². The van der Waals surface area contributed by atoms with Gasteiger partial charge in [-0.25, -0.2) is 4.98 Å². The van der Waals surface area contributed by atoms with Gasteiger partial charge in [-0.15, -0.1) is 0 Å². The van der Waals surface area contributed by atoms with Crippen molar-refractivity contribution >= 4 is 34.6 Å². The average molecular weight is 385 g/mol. The van der Waals surface area contributed by atoms with Crippen LogP contribution in [-0.4, -0.2) is 27.7 Å². The number of amides is 2. The number of nitrogens with zero attached hydrogens (tertiary/aromatic N) is 2. The first-order chi connectivity index (χ1) is 13.1. The minimum atomic E-state index is -0.383. The Labute approximate surface area is 162 Å². The zero-order valence-corrected chi connectivity index (χ0v) is 15.8. The number of pyridine rings is 1. The molecule has 0 fully saturated rings. The molecule has 2 aromatic heterocycles. The Morgan fingerprint density at radius 3 is 2.59 bits per heavy atom. The van der Waals surface area contributed by atoms with E-state index in [2.05, 4.69) is 22.5 Å². The lowest BCUT2D eigenvalue weighted by atomic mass is 10.2. The molecule has 3 aromatic rings. The number of halogens is 1. The molecule has 0 bridgehead atoms. The Kier molecular flexibility index (Phi) is 6.08. The van der Waals surface area contributed by atoms with E-state index in [1.807, 2.05) is 0 Å². The summed E-state index contributed by atoms with van der Waals surface area (Å²) in [5.74, 6) is -0.479. The summed E-state index contributed by atoms with van der Waals surface area (Å²) in [6.07, 6.45) is 4.77. The van der Waals surface area contributed by atoms with E-state index >= 15 is 0 Å². The molecule has 0 saturated carbocycles. The van der Waals surface area contributed by atoms with Gasteiger partial charge in [0.1, 0.15) is 0 Å². The predicted octanol–water partition coefficient (Wildman–Crippen LogP) is 4.16. The SMILES string of the molecule is CCCCCNC(=O)c1nc(C(=O)Nc2ccc(Cl)cc2)c2ccccn12. The molecule has 0 atom stereocenters. The van der Waals surface area contributed by atoms with Gasteiger partial charge in [0.05, 0.1) is 5.52 Å². The van der Waals surface area contributed by atoms with Gasteiger partial charge in [-0.3, -0.25) is 14.0 Å². The van der Waals surface area contributed by atoms with Gasteiger partial charge >= 0.3 is 0 Å². The Morgan fingerprint density at radius 1 is 1.07 bits per heavy atom. The Balaban J connectivity index is 1.84. The van der Waals surface area contributed by atoms with Gasteiger partial charge in [0.15, 0.2) is 5.69 Å². The topological polar surface area (TPSA) is 75.5 Å². The first-order valence-electron chi connectivity index (χ1n) is 8.92. The van der Waals surface area contributed by atoms with Gasteiger partial charge in [-0.2, -0.15) is 0 Å². The van der Waals surface area contributed by atoms with E-state index in [1.165, 1.54) is 0 Å². The molecule has 0 aliphatic rings. The lowest BCUT2D eigenvalue weighted by Gasteiger charge is -2.03. The van der Waals surface area contributed by atoms with Gasteiger partial charge < -0.3 is 10.6 Å². The van der Waals surface area contributed by atoms with Crippen LogP contribution in [0.2, 0.25) is 5.02 Å². The summed E-state index contributed by atoms with van der Waals surface area (Å²) in [5.41, 5.74) is 1.37. The van der Waals surface area contributed by atoms with Crippen LogP contribution in [0.25, 0.3) is 5.52 Å². The van der Waals surface area contributed by atoms with E-state index in [1.54, 1.807) is 53.1 Å². The maximum absolute atomic E-state index is 12.7. The molecule has 2 N–H and O–H groups in total. The Bertz CT molecular complexity index is 950. The zero-order valence-electron chi connectivity index (χ0n) is 15.0. The van der Waals surface area contributed by atoms with Crippen molar-refractivity contribution in [3.63, 3.8) is 0 Å². The fourth-order valence-corrected chi connectivity index (χ4v) is 2.87. The maximum atomic E-state index is 12.7. The molecule has 6 nitrogen and oxygen atoms in total. The van der Waals surface area contributed by atoms with Gasteiger partial charge in [-0.1, -0.05) is 37.4 Å². The number of rotatable bonds is 7. The molecule has 7 heteroatoms. The third kappa shape index (κ3) is 4.46. The zero-order chi connectivity index (χ0) is 19.2. The molecule has 0 aliphatic heterocycles. The van der Waals surface area contributed by atoms with E-state index in [4.69, 9.17) is 11.6 Å². The number of imidazole rings is 1. The Hall–Kier alpha value is -2.86. The van der Waals surface area contributed by atoms with Crippen LogP contribution in [0, 0.1) is 0 Å². The molecule has 140 valence electrons. The van der Waals surface area contributed by atoms with E-state index in [-0.39, 0.29) is 23.3 Å². The molecule has 27 heavy (non-hydrogen) atoms. The summed E-state index contributed by atoms with van der Waals surface area (Å²) in [6.45, 7) is 2.69. The van der Waals surface area contributed by atoms with Crippen LogP contribution in [0.1, 0.15) is 47.3 Å². The number of unbranched alkanes of at least 4 members (excludes halogenated alkanes) is 2. The minimum Gasteiger partial charge on any atom is -0.349 e. The quantitative estimate of drug-likeness (QED) is 0.600. The van der Waals surface area contributed by atoms with Crippen LogP contribution in [0.3, 0.4) is 0 Å². The van der Waals surface area contributed by atoms with Gasteiger partial charge in [0.25, 0.3) is 11.8 Å². The average Bonchev–Trinajstić information content (AvgIpc) is 3.07. The maximum Gasteiger partial charge on any atom is 0.287 e. The van der Waals surface area contributed by atoms with Crippen molar-refractivity contribution in [1.29, 1.82) is 0 Å². The molecule has 1 aromatic carbocycles. The van der Waals surface area contributed by atoms with Crippen molar-refractivity contribution in [2.24, 2.45) is 0 Å². The van der Waals surface area contributed by atoms with Gasteiger partial charge in [0.2, 0.25) is 5.82 Å². The molecule has 2 heterocycles. The summed E-state index contributed by atoms with van der Waals surface area (Å²) in [5, 5.41) is 6.24. The highest BCUT2D eigenvalue weighted by atomic mass is 35.5. The monoisotopic (exact) mass is 384 g/mol. The van der Waals surface area contributed by atoms with Crippen LogP contribution in [0.5, 0.6) is 0 Å². The van der Waals surface area contributed by atoms with E-state index < -0.39 is 0 Å². The number of nitrogens with one attached hydrogen (secondary N) is 2. The second-order valence-electron chi connectivity index (χ2n) is 6.16. The number of hydrogen-bond donors (Lipinski definition) is 2. The smallest absolute Gasteiger partial charge is 0.287 e. The highest BCUT2D eigenvalue weighted by molar-refractivity contribution is 6.30. The third-order valence-corrected chi connectivity index (χ3v) is 4.39. The molecular formula is C20H21ClN4O2. The number of hydrogen-bond acceptors (Lipinski definition) is 3. The van der Waals surface area contributed by atoms with E-state index in [0.717, 1.165) is 19.3 Å². The molecule has 0 radical (unpaired) electrons. The standard InChI is InChI=1S/C20H21ClN4O2/c1-2-3-5-12-22-20(27)18-24-17(16-7-4-6-13-25(16)18)19(26)23-15-10-8-14(21)9-11-15/h4,6-11,13H,2-3,5,12H2,1H3,(H,22,27)(H,23,26). The fourth-order valence-electron chi connectivity index (χ4n) is 2.74. The number of fused-ring (bicyclic) bond motifs is 1. The molecule has 0 saturated heterocycles. The summed E-state index contributed by atoms with van der Waals surface area (Å²) in [4.78, 5) is 29.5. The van der Waals surface area contributed by atoms with Crippen LogP contribution in [0.15, 0.2) is 48.7 Å². The highest BCUT2D eigenvalue weighted by Crippen LogP contribution is 2.17. The lowest BCUT2D eigenvalue weighted by Crippen LogP contribution is -2.26. The Morgan fingerprint density at radius 2 is 1.85 bits per heavy atom. The first-order valence-corrected chi connectivity index (χ1v) is 9.30. The van der Waals surface area contributed by atoms with E-state index in [9.17, 15) is 9.59 Å². The molecule has 0 unspecified atom stereocenters. The second kappa shape index (κ2) is 8.68. The molecule has 2 amide bonds. The normalized spacial score (nSPS) is 10.7. The highest BCUT2D eigenvalue weighted by Gasteiger charge is 2.21. The number of benzene rings is 1. The summed E-state index contributed by atoms with van der Waals surface area (Å²) in [6, 6.07) is 12.2. The van der Waals surface area contributed by atoms with Gasteiger partial charge in [-0.05, 0) is 42.8 Å². The first kappa shape index (κ1) is 18.9. The van der Waals surface area contributed by atoms with Crippen molar-refractivity contribution in [2.45, 2.75) is 26.2 Å². The van der Waals surface area contributed by atoms with Crippen molar-refractivity contribution in [1.82, 2.24) is 14.7 Å². The van der Waals surface area contributed by atoms with Crippen molar-refractivity contribution in [3.05, 3.63) is 65.2 Å². The molecule has 3 rings (SSSR count). The van der Waals surface area contributed by atoms with Crippen LogP contribution in [0.4, 0.5) is 5.69 Å². The second-order valence-corrected chi connectivity index (χ2v) is 6.60. The van der Waals surface area contributed by atoms with Crippen LogP contribution < -0.4 is 10.6 Å². The fraction of sp³-hybridized carbons (Fsp3) is 0.250. The number of carbonyl (C=O) groups is 2. The summed E-state index contributed by atoms with van der Waals surface area (Å²) in [7, 11) is 0. The minimum absolute atomic E-state index is 0.198. The molecule has 0 spiro atoms. The molecule has 0 aliphatic carbocycles. The third-order valence-electron chi connectivity index (χ3n) is 4.13. The predicted molar refractivity (Wildman–Crippen MR) is 106 cm³/mol. The number of carbonyl (C=O) groups excluding carboxylic acids is 2. The number of aromatic nitrogens is 2. The number of anilines is 1. The van der Waals surface area contributed by atoms with Crippen molar-refractivity contribution in [3.8, 4) is 0 Å². The lowest BCUT2D eigenvalue weighted by molar-refractivity contribution is 0.0942. The van der Waals surface area contributed by atoms with Crippen molar-refractivity contribution < 1.29 is 9.59 Å². The van der Waals surface area contributed by atoms with Crippen LogP contribution in [-0.2, 0) is 0 Å².